The largest absolute Gasteiger partial charge is 0.396 e. The van der Waals surface area contributed by atoms with Gasteiger partial charge in [0.1, 0.15) is 0 Å². The van der Waals surface area contributed by atoms with E-state index in [1.54, 1.807) is 0 Å². The zero-order chi connectivity index (χ0) is 12.6. The first kappa shape index (κ1) is 14.3. The summed E-state index contributed by atoms with van der Waals surface area (Å²) in [6.45, 7) is 7.55. The molecule has 0 aromatic carbocycles. The molecule has 4 heteroatoms. The van der Waals surface area contributed by atoms with Gasteiger partial charge in [0.05, 0.1) is 13.2 Å². The fraction of sp³-hybridized carbons (Fsp3) is 1.00. The predicted octanol–water partition coefficient (Wildman–Crippen LogP) is 0.707. The van der Waals surface area contributed by atoms with E-state index in [2.05, 4.69) is 10.2 Å². The number of nitrogens with zero attached hydrogens (tertiary/aromatic N) is 1. The van der Waals surface area contributed by atoms with Gasteiger partial charge in [-0.2, -0.15) is 0 Å². The lowest BCUT2D eigenvalue weighted by Gasteiger charge is -2.31. The summed E-state index contributed by atoms with van der Waals surface area (Å²) in [4.78, 5) is 2.46. The second kappa shape index (κ2) is 8.10. The van der Waals surface area contributed by atoms with E-state index in [-0.39, 0.29) is 0 Å². The maximum Gasteiger partial charge on any atom is 0.0594 e. The lowest BCUT2D eigenvalue weighted by atomic mass is 9.79. The number of aliphatic hydroxyl groups is 1. The van der Waals surface area contributed by atoms with E-state index in [0.29, 0.717) is 18.4 Å². The summed E-state index contributed by atoms with van der Waals surface area (Å²) in [5, 5.41) is 12.9. The molecule has 0 bridgehead atoms. The van der Waals surface area contributed by atoms with Gasteiger partial charge in [0.2, 0.25) is 0 Å². The molecule has 106 valence electrons. The van der Waals surface area contributed by atoms with Gasteiger partial charge in [0, 0.05) is 32.8 Å². The van der Waals surface area contributed by atoms with Crippen LogP contribution in [0.5, 0.6) is 0 Å². The summed E-state index contributed by atoms with van der Waals surface area (Å²) < 4.78 is 5.34. The first-order chi connectivity index (χ1) is 8.90. The Labute approximate surface area is 111 Å². The van der Waals surface area contributed by atoms with Gasteiger partial charge in [-0.25, -0.2) is 0 Å². The number of hydrogen-bond donors (Lipinski definition) is 2. The minimum atomic E-state index is 0.371. The van der Waals surface area contributed by atoms with Gasteiger partial charge in [-0.1, -0.05) is 12.8 Å². The average Bonchev–Trinajstić information content (AvgIpc) is 2.45. The van der Waals surface area contributed by atoms with Crippen LogP contribution in [-0.4, -0.2) is 62.6 Å². The van der Waals surface area contributed by atoms with Crippen molar-refractivity contribution in [3.05, 3.63) is 0 Å². The molecule has 0 spiro atoms. The summed E-state index contributed by atoms with van der Waals surface area (Å²) in [6, 6.07) is 0. The van der Waals surface area contributed by atoms with Crippen molar-refractivity contribution in [1.82, 2.24) is 10.2 Å². The van der Waals surface area contributed by atoms with Crippen LogP contribution < -0.4 is 5.32 Å². The number of aliphatic hydroxyl groups excluding tert-OH is 1. The first-order valence-corrected chi connectivity index (χ1v) is 7.52. The Morgan fingerprint density at radius 2 is 1.83 bits per heavy atom. The zero-order valence-electron chi connectivity index (χ0n) is 11.4. The number of morpholine rings is 1. The van der Waals surface area contributed by atoms with Crippen molar-refractivity contribution in [2.75, 3.05) is 52.5 Å². The SMILES string of the molecule is OCC1CCCCC1CNCCN1CCOCC1. The average molecular weight is 256 g/mol. The molecule has 2 aliphatic rings. The number of nitrogens with one attached hydrogen (secondary N) is 1. The minimum Gasteiger partial charge on any atom is -0.396 e. The Kier molecular flexibility index (Phi) is 6.41. The molecule has 2 atom stereocenters. The highest BCUT2D eigenvalue weighted by Gasteiger charge is 2.23. The number of ether oxygens (including phenoxy) is 1. The van der Waals surface area contributed by atoms with E-state index in [1.165, 1.54) is 25.7 Å². The Morgan fingerprint density at radius 1 is 1.11 bits per heavy atom. The molecule has 1 aliphatic heterocycles. The second-order valence-corrected chi connectivity index (χ2v) is 5.65. The smallest absolute Gasteiger partial charge is 0.0594 e. The van der Waals surface area contributed by atoms with E-state index >= 15 is 0 Å². The third-order valence-corrected chi connectivity index (χ3v) is 4.42. The fourth-order valence-corrected chi connectivity index (χ4v) is 3.14. The number of hydrogen-bond acceptors (Lipinski definition) is 4. The molecule has 2 unspecified atom stereocenters. The molecule has 2 rings (SSSR count). The van der Waals surface area contributed by atoms with Crippen LogP contribution >= 0.6 is 0 Å². The Balaban J connectivity index is 1.56. The third-order valence-electron chi connectivity index (χ3n) is 4.42. The summed E-state index contributed by atoms with van der Waals surface area (Å²) in [5.74, 6) is 1.23. The molecule has 4 nitrogen and oxygen atoms in total. The minimum absolute atomic E-state index is 0.371. The molecule has 0 amide bonds. The molecule has 2 N–H and O–H groups in total. The van der Waals surface area contributed by atoms with Crippen LogP contribution in [0.2, 0.25) is 0 Å². The summed E-state index contributed by atoms with van der Waals surface area (Å²) in [5.41, 5.74) is 0. The van der Waals surface area contributed by atoms with Gasteiger partial charge in [-0.3, -0.25) is 4.90 Å². The molecule has 1 aliphatic carbocycles. The van der Waals surface area contributed by atoms with Crippen LogP contribution in [0.1, 0.15) is 25.7 Å². The van der Waals surface area contributed by atoms with Gasteiger partial charge in [0.25, 0.3) is 0 Å². The van der Waals surface area contributed by atoms with E-state index in [4.69, 9.17) is 4.74 Å². The van der Waals surface area contributed by atoms with E-state index in [1.807, 2.05) is 0 Å². The summed E-state index contributed by atoms with van der Waals surface area (Å²) in [6.07, 6.45) is 5.14. The second-order valence-electron chi connectivity index (χ2n) is 5.65. The van der Waals surface area contributed by atoms with Gasteiger partial charge < -0.3 is 15.2 Å². The van der Waals surface area contributed by atoms with E-state index in [9.17, 15) is 5.11 Å². The Morgan fingerprint density at radius 3 is 2.56 bits per heavy atom. The maximum absolute atomic E-state index is 9.37. The standard InChI is InChI=1S/C14H28N2O2/c17-12-14-4-2-1-3-13(14)11-15-5-6-16-7-9-18-10-8-16/h13-15,17H,1-12H2. The number of rotatable bonds is 6. The molecule has 2 fully saturated rings. The van der Waals surface area contributed by atoms with Crippen molar-refractivity contribution in [2.24, 2.45) is 11.8 Å². The van der Waals surface area contributed by atoms with Gasteiger partial charge in [-0.05, 0) is 31.2 Å². The van der Waals surface area contributed by atoms with E-state index in [0.717, 1.165) is 45.9 Å². The lowest BCUT2D eigenvalue weighted by molar-refractivity contribution is 0.0380. The Bertz CT molecular complexity index is 220. The van der Waals surface area contributed by atoms with Crippen molar-refractivity contribution in [3.8, 4) is 0 Å². The van der Waals surface area contributed by atoms with E-state index < -0.39 is 0 Å². The quantitative estimate of drug-likeness (QED) is 0.687. The molecule has 0 aromatic rings. The molecule has 1 saturated heterocycles. The summed E-state index contributed by atoms with van der Waals surface area (Å²) >= 11 is 0. The van der Waals surface area contributed by atoms with Gasteiger partial charge in [0.15, 0.2) is 0 Å². The van der Waals surface area contributed by atoms with Crippen molar-refractivity contribution < 1.29 is 9.84 Å². The van der Waals surface area contributed by atoms with Crippen LogP contribution in [0.25, 0.3) is 0 Å². The highest BCUT2D eigenvalue weighted by Crippen LogP contribution is 2.28. The molecular formula is C14H28N2O2. The van der Waals surface area contributed by atoms with Gasteiger partial charge >= 0.3 is 0 Å². The first-order valence-electron chi connectivity index (χ1n) is 7.52. The molecule has 1 heterocycles. The van der Waals surface area contributed by atoms with Crippen molar-refractivity contribution in [2.45, 2.75) is 25.7 Å². The highest BCUT2D eigenvalue weighted by molar-refractivity contribution is 4.76. The van der Waals surface area contributed by atoms with Crippen LogP contribution in [-0.2, 0) is 4.74 Å². The fourth-order valence-electron chi connectivity index (χ4n) is 3.14. The van der Waals surface area contributed by atoms with Crippen molar-refractivity contribution in [3.63, 3.8) is 0 Å². The molecule has 0 radical (unpaired) electrons. The van der Waals surface area contributed by atoms with Crippen LogP contribution in [0.4, 0.5) is 0 Å². The molecular weight excluding hydrogens is 228 g/mol. The monoisotopic (exact) mass is 256 g/mol. The Hall–Kier alpha value is -0.160. The maximum atomic E-state index is 9.37. The van der Waals surface area contributed by atoms with Gasteiger partial charge in [-0.15, -0.1) is 0 Å². The van der Waals surface area contributed by atoms with Crippen LogP contribution in [0, 0.1) is 11.8 Å². The van der Waals surface area contributed by atoms with Crippen LogP contribution in [0.3, 0.4) is 0 Å². The van der Waals surface area contributed by atoms with Crippen LogP contribution in [0.15, 0.2) is 0 Å². The lowest BCUT2D eigenvalue weighted by Crippen LogP contribution is -2.41. The highest BCUT2D eigenvalue weighted by atomic mass is 16.5. The topological polar surface area (TPSA) is 44.7 Å². The van der Waals surface area contributed by atoms with Crippen molar-refractivity contribution >= 4 is 0 Å². The van der Waals surface area contributed by atoms with Crippen molar-refractivity contribution in [1.29, 1.82) is 0 Å². The summed E-state index contributed by atoms with van der Waals surface area (Å²) in [7, 11) is 0. The predicted molar refractivity (Wildman–Crippen MR) is 72.7 cm³/mol. The zero-order valence-corrected chi connectivity index (χ0v) is 11.4. The third kappa shape index (κ3) is 4.50. The molecule has 18 heavy (non-hydrogen) atoms. The molecule has 0 aromatic heterocycles. The molecule has 1 saturated carbocycles. The normalized spacial score (nSPS) is 30.5.